The first kappa shape index (κ1) is 18.4. The lowest BCUT2D eigenvalue weighted by Crippen LogP contribution is -2.21. The lowest BCUT2D eigenvalue weighted by molar-refractivity contribution is -0.120. The molecule has 136 valence electrons. The second-order valence-corrected chi connectivity index (χ2v) is 7.05. The minimum atomic E-state index is -0.306. The molecule has 0 atom stereocenters. The van der Waals surface area contributed by atoms with E-state index >= 15 is 0 Å². The molecule has 0 aliphatic heterocycles. The Kier molecular flexibility index (Phi) is 5.85. The van der Waals surface area contributed by atoms with E-state index in [0.717, 1.165) is 10.2 Å². The quantitative estimate of drug-likeness (QED) is 0.668. The standard InChI is InChI=1S/C20H22N2O3S/c1-14-11-17-18(12-15(14)2)26-20(22(17)9-10-24-3)21-19(23)13-25-16-7-5-4-6-8-16/h4-8,11-12H,9-10,13H2,1-3H3. The summed E-state index contributed by atoms with van der Waals surface area (Å²) in [6, 6.07) is 13.6. The number of carbonyl (C=O) groups excluding carboxylic acids is 1. The van der Waals surface area contributed by atoms with Gasteiger partial charge < -0.3 is 14.0 Å². The van der Waals surface area contributed by atoms with Gasteiger partial charge in [-0.3, -0.25) is 4.79 Å². The molecule has 26 heavy (non-hydrogen) atoms. The molecule has 6 heteroatoms. The lowest BCUT2D eigenvalue weighted by Gasteiger charge is -2.06. The van der Waals surface area contributed by atoms with Crippen LogP contribution >= 0.6 is 11.3 Å². The average molecular weight is 370 g/mol. The Morgan fingerprint density at radius 3 is 2.62 bits per heavy atom. The summed E-state index contributed by atoms with van der Waals surface area (Å²) in [5.41, 5.74) is 3.51. The highest BCUT2D eigenvalue weighted by atomic mass is 32.1. The number of thiazole rings is 1. The van der Waals surface area contributed by atoms with E-state index in [0.29, 0.717) is 23.7 Å². The molecule has 0 saturated carbocycles. The number of rotatable bonds is 6. The topological polar surface area (TPSA) is 52.8 Å². The van der Waals surface area contributed by atoms with Crippen molar-refractivity contribution in [3.63, 3.8) is 0 Å². The van der Waals surface area contributed by atoms with Crippen LogP contribution in [0.1, 0.15) is 11.1 Å². The van der Waals surface area contributed by atoms with E-state index in [4.69, 9.17) is 9.47 Å². The summed E-state index contributed by atoms with van der Waals surface area (Å²) in [5, 5.41) is 0. The summed E-state index contributed by atoms with van der Waals surface area (Å²) in [6.07, 6.45) is 0. The van der Waals surface area contributed by atoms with Gasteiger partial charge in [-0.05, 0) is 49.2 Å². The number of hydrogen-bond donors (Lipinski definition) is 0. The third kappa shape index (κ3) is 4.20. The SMILES string of the molecule is COCCn1c(=NC(=O)COc2ccccc2)sc2cc(C)c(C)cc21. The minimum Gasteiger partial charge on any atom is -0.484 e. The summed E-state index contributed by atoms with van der Waals surface area (Å²) in [5.74, 6) is 0.353. The molecule has 0 spiro atoms. The van der Waals surface area contributed by atoms with Gasteiger partial charge in [-0.15, -0.1) is 0 Å². The van der Waals surface area contributed by atoms with Crippen molar-refractivity contribution in [1.82, 2.24) is 4.57 Å². The number of nitrogens with zero attached hydrogens (tertiary/aromatic N) is 2. The second kappa shape index (κ2) is 8.29. The van der Waals surface area contributed by atoms with E-state index in [2.05, 4.69) is 31.0 Å². The van der Waals surface area contributed by atoms with Gasteiger partial charge in [0.05, 0.1) is 16.8 Å². The van der Waals surface area contributed by atoms with E-state index in [-0.39, 0.29) is 12.5 Å². The average Bonchev–Trinajstić information content (AvgIpc) is 2.95. The number of fused-ring (bicyclic) bond motifs is 1. The molecule has 5 nitrogen and oxygen atoms in total. The van der Waals surface area contributed by atoms with Gasteiger partial charge in [0.1, 0.15) is 5.75 Å². The lowest BCUT2D eigenvalue weighted by atomic mass is 10.1. The number of methoxy groups -OCH3 is 1. The molecule has 0 aliphatic rings. The zero-order valence-electron chi connectivity index (χ0n) is 15.2. The molecule has 1 amide bonds. The largest absolute Gasteiger partial charge is 0.484 e. The molecule has 1 aromatic heterocycles. The van der Waals surface area contributed by atoms with Crippen molar-refractivity contribution in [2.45, 2.75) is 20.4 Å². The van der Waals surface area contributed by atoms with Crippen LogP contribution in [0.15, 0.2) is 47.5 Å². The monoisotopic (exact) mass is 370 g/mol. The summed E-state index contributed by atoms with van der Waals surface area (Å²) < 4.78 is 13.9. The Labute approximate surface area is 156 Å². The third-order valence-electron chi connectivity index (χ3n) is 4.14. The summed E-state index contributed by atoms with van der Waals surface area (Å²) >= 11 is 1.51. The molecule has 0 aliphatic carbocycles. The highest BCUT2D eigenvalue weighted by molar-refractivity contribution is 7.16. The van der Waals surface area contributed by atoms with Crippen LogP contribution < -0.4 is 9.54 Å². The van der Waals surface area contributed by atoms with Gasteiger partial charge in [0.15, 0.2) is 11.4 Å². The van der Waals surface area contributed by atoms with E-state index in [1.54, 1.807) is 7.11 Å². The fourth-order valence-electron chi connectivity index (χ4n) is 2.61. The number of para-hydroxylation sites is 1. The van der Waals surface area contributed by atoms with Crippen molar-refractivity contribution in [1.29, 1.82) is 0 Å². The first-order valence-corrected chi connectivity index (χ1v) is 9.25. The molecule has 3 aromatic rings. The van der Waals surface area contributed by atoms with Crippen molar-refractivity contribution >= 4 is 27.5 Å². The molecule has 0 N–H and O–H groups in total. The van der Waals surface area contributed by atoms with Crippen LogP contribution in [-0.4, -0.2) is 30.8 Å². The zero-order chi connectivity index (χ0) is 18.5. The maximum absolute atomic E-state index is 12.3. The van der Waals surface area contributed by atoms with Gasteiger partial charge in [-0.25, -0.2) is 0 Å². The van der Waals surface area contributed by atoms with Crippen LogP contribution in [0.4, 0.5) is 0 Å². The minimum absolute atomic E-state index is 0.0827. The number of amides is 1. The van der Waals surface area contributed by atoms with Crippen LogP contribution in [0, 0.1) is 13.8 Å². The fraction of sp³-hybridized carbons (Fsp3) is 0.300. The summed E-state index contributed by atoms with van der Waals surface area (Å²) in [6.45, 7) is 5.29. The van der Waals surface area contributed by atoms with Gasteiger partial charge in [0.25, 0.3) is 5.91 Å². The van der Waals surface area contributed by atoms with Crippen LogP contribution in [0.2, 0.25) is 0 Å². The van der Waals surface area contributed by atoms with Gasteiger partial charge in [0.2, 0.25) is 0 Å². The summed E-state index contributed by atoms with van der Waals surface area (Å²) in [4.78, 5) is 17.2. The number of benzene rings is 2. The van der Waals surface area contributed by atoms with Crippen molar-refractivity contribution < 1.29 is 14.3 Å². The molecule has 0 unspecified atom stereocenters. The normalized spacial score (nSPS) is 11.9. The second-order valence-electron chi connectivity index (χ2n) is 6.04. The molecular weight excluding hydrogens is 348 g/mol. The zero-order valence-corrected chi connectivity index (χ0v) is 16.0. The van der Waals surface area contributed by atoms with Crippen LogP contribution in [0.5, 0.6) is 5.75 Å². The molecule has 0 fully saturated rings. The van der Waals surface area contributed by atoms with Crippen molar-refractivity contribution in [3.8, 4) is 5.75 Å². The predicted octanol–water partition coefficient (Wildman–Crippen LogP) is 3.47. The number of carbonyl (C=O) groups is 1. The van der Waals surface area contributed by atoms with Gasteiger partial charge >= 0.3 is 0 Å². The Balaban J connectivity index is 1.91. The van der Waals surface area contributed by atoms with Crippen molar-refractivity contribution in [2.75, 3.05) is 20.3 Å². The number of hydrogen-bond acceptors (Lipinski definition) is 4. The first-order valence-electron chi connectivity index (χ1n) is 8.43. The Morgan fingerprint density at radius 2 is 1.88 bits per heavy atom. The van der Waals surface area contributed by atoms with Gasteiger partial charge in [-0.2, -0.15) is 4.99 Å². The van der Waals surface area contributed by atoms with E-state index in [9.17, 15) is 4.79 Å². The van der Waals surface area contributed by atoms with Crippen molar-refractivity contribution in [2.24, 2.45) is 4.99 Å². The van der Waals surface area contributed by atoms with Crippen LogP contribution in [0.3, 0.4) is 0 Å². The highest BCUT2D eigenvalue weighted by Crippen LogP contribution is 2.22. The number of aryl methyl sites for hydroxylation is 2. The molecule has 0 radical (unpaired) electrons. The smallest absolute Gasteiger partial charge is 0.286 e. The molecular formula is C20H22N2O3S. The molecule has 2 aromatic carbocycles. The maximum Gasteiger partial charge on any atom is 0.286 e. The van der Waals surface area contributed by atoms with Crippen LogP contribution in [-0.2, 0) is 16.1 Å². The maximum atomic E-state index is 12.3. The summed E-state index contributed by atoms with van der Waals surface area (Å²) in [7, 11) is 1.67. The predicted molar refractivity (Wildman–Crippen MR) is 104 cm³/mol. The number of ether oxygens (including phenoxy) is 2. The fourth-order valence-corrected chi connectivity index (χ4v) is 3.76. The third-order valence-corrected chi connectivity index (χ3v) is 5.18. The Morgan fingerprint density at radius 1 is 1.15 bits per heavy atom. The van der Waals surface area contributed by atoms with E-state index in [1.807, 2.05) is 34.9 Å². The van der Waals surface area contributed by atoms with Crippen molar-refractivity contribution in [3.05, 3.63) is 58.4 Å². The molecule has 1 heterocycles. The molecule has 0 saturated heterocycles. The Hall–Kier alpha value is -2.44. The Bertz CT molecular complexity index is 974. The highest BCUT2D eigenvalue weighted by Gasteiger charge is 2.10. The van der Waals surface area contributed by atoms with E-state index < -0.39 is 0 Å². The van der Waals surface area contributed by atoms with E-state index in [1.165, 1.54) is 22.5 Å². The van der Waals surface area contributed by atoms with Crippen LogP contribution in [0.25, 0.3) is 10.2 Å². The molecule has 0 bridgehead atoms. The number of aromatic nitrogens is 1. The van der Waals surface area contributed by atoms with Gasteiger partial charge in [-0.1, -0.05) is 29.5 Å². The first-order chi connectivity index (χ1) is 12.6. The molecule has 3 rings (SSSR count). The van der Waals surface area contributed by atoms with Gasteiger partial charge in [0, 0.05) is 13.7 Å².